The Kier molecular flexibility index (Phi) is 5.28. The van der Waals surface area contributed by atoms with Crippen LogP contribution in [0.5, 0.6) is 0 Å². The molecule has 0 aromatic heterocycles. The number of carbonyl (C=O) groups excluding carboxylic acids is 3. The Hall–Kier alpha value is -2.12. The van der Waals surface area contributed by atoms with Crippen LogP contribution in [0.1, 0.15) is 33.1 Å². The van der Waals surface area contributed by atoms with Gasteiger partial charge in [-0.3, -0.25) is 19.7 Å². The van der Waals surface area contributed by atoms with Crippen LogP contribution in [-0.4, -0.2) is 53.5 Å². The number of hydrogen-bond donors (Lipinski definition) is 3. The Labute approximate surface area is 122 Å². The van der Waals surface area contributed by atoms with Gasteiger partial charge in [0.1, 0.15) is 0 Å². The van der Waals surface area contributed by atoms with E-state index in [9.17, 15) is 19.2 Å². The molecule has 0 spiro atoms. The average molecular weight is 299 g/mol. The summed E-state index contributed by atoms with van der Waals surface area (Å²) in [6, 6.07) is -0.887. The van der Waals surface area contributed by atoms with E-state index in [0.29, 0.717) is 19.4 Å². The van der Waals surface area contributed by atoms with E-state index >= 15 is 0 Å². The van der Waals surface area contributed by atoms with Crippen LogP contribution < -0.4 is 10.6 Å². The third-order valence-corrected chi connectivity index (χ3v) is 3.40. The van der Waals surface area contributed by atoms with Crippen molar-refractivity contribution in [1.82, 2.24) is 15.5 Å². The van der Waals surface area contributed by atoms with Crippen LogP contribution in [-0.2, 0) is 14.4 Å². The molecule has 0 bridgehead atoms. The maximum Gasteiger partial charge on any atom is 0.321 e. The highest BCUT2D eigenvalue weighted by Gasteiger charge is 2.31. The summed E-state index contributed by atoms with van der Waals surface area (Å²) in [6.45, 7) is 3.21. The van der Waals surface area contributed by atoms with Gasteiger partial charge >= 0.3 is 12.0 Å². The lowest BCUT2D eigenvalue weighted by molar-refractivity contribution is -0.149. The molecule has 8 nitrogen and oxygen atoms in total. The lowest BCUT2D eigenvalue weighted by Gasteiger charge is -2.30. The van der Waals surface area contributed by atoms with Gasteiger partial charge in [0.05, 0.1) is 5.41 Å². The van der Waals surface area contributed by atoms with Gasteiger partial charge in [-0.1, -0.05) is 0 Å². The van der Waals surface area contributed by atoms with Crippen molar-refractivity contribution in [2.45, 2.75) is 39.2 Å². The summed E-state index contributed by atoms with van der Waals surface area (Å²) in [4.78, 5) is 47.0. The Morgan fingerprint density at radius 3 is 2.52 bits per heavy atom. The first-order chi connectivity index (χ1) is 9.61. The Bertz CT molecular complexity index is 461. The van der Waals surface area contributed by atoms with E-state index < -0.39 is 23.3 Å². The molecule has 0 aromatic carbocycles. The van der Waals surface area contributed by atoms with Crippen LogP contribution >= 0.6 is 0 Å². The van der Waals surface area contributed by atoms with Gasteiger partial charge in [0, 0.05) is 32.5 Å². The molecule has 1 fully saturated rings. The summed E-state index contributed by atoms with van der Waals surface area (Å²) in [6.07, 6.45) is 0.575. The lowest BCUT2D eigenvalue weighted by Crippen LogP contribution is -2.52. The van der Waals surface area contributed by atoms with Gasteiger partial charge < -0.3 is 15.3 Å². The van der Waals surface area contributed by atoms with Gasteiger partial charge in [0.15, 0.2) is 0 Å². The predicted molar refractivity (Wildman–Crippen MR) is 73.4 cm³/mol. The average Bonchev–Trinajstić information content (AvgIpc) is 2.32. The molecule has 3 N–H and O–H groups in total. The number of nitrogens with one attached hydrogen (secondary N) is 2. The number of amides is 4. The zero-order valence-corrected chi connectivity index (χ0v) is 12.4. The van der Waals surface area contributed by atoms with E-state index in [0.717, 1.165) is 0 Å². The number of rotatable bonds is 4. The SMILES string of the molecule is CN1CC(NC(=O)NC(=O)CC(C)(C)C(=O)O)CCC1=O. The fourth-order valence-electron chi connectivity index (χ4n) is 2.00. The Balaban J connectivity index is 2.42. The highest BCUT2D eigenvalue weighted by Crippen LogP contribution is 2.19. The maximum atomic E-state index is 11.7. The third kappa shape index (κ3) is 5.05. The number of hydrogen-bond acceptors (Lipinski definition) is 4. The highest BCUT2D eigenvalue weighted by atomic mass is 16.4. The van der Waals surface area contributed by atoms with Crippen molar-refractivity contribution in [3.05, 3.63) is 0 Å². The first kappa shape index (κ1) is 16.9. The van der Waals surface area contributed by atoms with Gasteiger partial charge in [-0.05, 0) is 20.3 Å². The molecule has 21 heavy (non-hydrogen) atoms. The number of aliphatic carboxylic acids is 1. The van der Waals surface area contributed by atoms with Crippen molar-refractivity contribution < 1.29 is 24.3 Å². The number of carbonyl (C=O) groups is 4. The van der Waals surface area contributed by atoms with Crippen molar-refractivity contribution in [2.24, 2.45) is 5.41 Å². The number of likely N-dealkylation sites (N-methyl/N-ethyl adjacent to an activating group) is 1. The molecule has 0 aromatic rings. The molecule has 8 heteroatoms. The summed E-state index contributed by atoms with van der Waals surface area (Å²) in [7, 11) is 1.65. The molecular formula is C13H21N3O5. The second-order valence-corrected chi connectivity index (χ2v) is 5.90. The fraction of sp³-hybridized carbons (Fsp3) is 0.692. The summed E-state index contributed by atoms with van der Waals surface area (Å²) >= 11 is 0. The maximum absolute atomic E-state index is 11.7. The smallest absolute Gasteiger partial charge is 0.321 e. The van der Waals surface area contributed by atoms with Crippen LogP contribution in [0, 0.1) is 5.41 Å². The van der Waals surface area contributed by atoms with Gasteiger partial charge in [-0.25, -0.2) is 4.79 Å². The molecule has 1 atom stereocenters. The molecule has 118 valence electrons. The van der Waals surface area contributed by atoms with E-state index in [2.05, 4.69) is 10.6 Å². The van der Waals surface area contributed by atoms with E-state index in [1.165, 1.54) is 18.7 Å². The molecule has 0 aliphatic carbocycles. The number of nitrogens with zero attached hydrogens (tertiary/aromatic N) is 1. The second-order valence-electron chi connectivity index (χ2n) is 5.90. The van der Waals surface area contributed by atoms with E-state index in [-0.39, 0.29) is 18.4 Å². The number of urea groups is 1. The van der Waals surface area contributed by atoms with Crippen molar-refractivity contribution >= 4 is 23.8 Å². The standard InChI is InChI=1S/C13H21N3O5/c1-13(2,11(19)20)6-9(17)15-12(21)14-8-4-5-10(18)16(3)7-8/h8H,4-7H2,1-3H3,(H,19,20)(H2,14,15,17,21). The van der Waals surface area contributed by atoms with Crippen molar-refractivity contribution in [3.8, 4) is 0 Å². The number of likely N-dealkylation sites (tertiary alicyclic amines) is 1. The first-order valence-electron chi connectivity index (χ1n) is 6.69. The molecule has 1 aliphatic heterocycles. The van der Waals surface area contributed by atoms with Gasteiger partial charge in [-0.15, -0.1) is 0 Å². The predicted octanol–water partition coefficient (Wildman–Crippen LogP) is -0.0661. The number of imide groups is 1. The second kappa shape index (κ2) is 6.55. The largest absolute Gasteiger partial charge is 0.481 e. The third-order valence-electron chi connectivity index (χ3n) is 3.40. The Morgan fingerprint density at radius 2 is 2.00 bits per heavy atom. The molecular weight excluding hydrogens is 278 g/mol. The molecule has 0 radical (unpaired) electrons. The quantitative estimate of drug-likeness (QED) is 0.672. The minimum Gasteiger partial charge on any atom is -0.481 e. The first-order valence-corrected chi connectivity index (χ1v) is 6.69. The number of piperidine rings is 1. The number of carboxylic acids is 1. The molecule has 1 heterocycles. The number of carboxylic acid groups (broad SMARTS) is 1. The zero-order valence-electron chi connectivity index (χ0n) is 12.4. The molecule has 1 rings (SSSR count). The molecule has 4 amide bonds. The van der Waals surface area contributed by atoms with Crippen LogP contribution in [0.25, 0.3) is 0 Å². The van der Waals surface area contributed by atoms with Crippen LogP contribution in [0.2, 0.25) is 0 Å². The highest BCUT2D eigenvalue weighted by molar-refractivity contribution is 5.96. The van der Waals surface area contributed by atoms with Gasteiger partial charge in [-0.2, -0.15) is 0 Å². The molecule has 1 unspecified atom stereocenters. The monoisotopic (exact) mass is 299 g/mol. The molecule has 1 aliphatic rings. The van der Waals surface area contributed by atoms with Gasteiger partial charge in [0.2, 0.25) is 11.8 Å². The van der Waals surface area contributed by atoms with Crippen LogP contribution in [0.3, 0.4) is 0 Å². The minimum atomic E-state index is -1.23. The zero-order chi connectivity index (χ0) is 16.2. The normalized spacial score (nSPS) is 19.1. The van der Waals surface area contributed by atoms with Crippen molar-refractivity contribution in [1.29, 1.82) is 0 Å². The molecule has 0 saturated carbocycles. The fourth-order valence-corrected chi connectivity index (χ4v) is 2.00. The van der Waals surface area contributed by atoms with E-state index in [1.807, 2.05) is 0 Å². The van der Waals surface area contributed by atoms with E-state index in [4.69, 9.17) is 5.11 Å². The summed E-state index contributed by atoms with van der Waals surface area (Å²) in [5.74, 6) is -1.74. The minimum absolute atomic E-state index is 0.0211. The topological polar surface area (TPSA) is 116 Å². The van der Waals surface area contributed by atoms with Crippen molar-refractivity contribution in [3.63, 3.8) is 0 Å². The van der Waals surface area contributed by atoms with E-state index in [1.54, 1.807) is 7.05 Å². The van der Waals surface area contributed by atoms with Crippen molar-refractivity contribution in [2.75, 3.05) is 13.6 Å². The summed E-state index contributed by atoms with van der Waals surface area (Å²) in [5.41, 5.74) is -1.23. The Morgan fingerprint density at radius 1 is 1.38 bits per heavy atom. The van der Waals surface area contributed by atoms with Crippen LogP contribution in [0.4, 0.5) is 4.79 Å². The summed E-state index contributed by atoms with van der Waals surface area (Å²) < 4.78 is 0. The lowest BCUT2D eigenvalue weighted by atomic mass is 9.89. The molecule has 1 saturated heterocycles. The summed E-state index contributed by atoms with van der Waals surface area (Å²) in [5, 5.41) is 13.6. The van der Waals surface area contributed by atoms with Crippen LogP contribution in [0.15, 0.2) is 0 Å². The van der Waals surface area contributed by atoms with Gasteiger partial charge in [0.25, 0.3) is 0 Å².